The van der Waals surface area contributed by atoms with E-state index in [9.17, 15) is 9.59 Å². The second kappa shape index (κ2) is 8.41. The molecule has 30 heavy (non-hydrogen) atoms. The molecule has 0 aromatic heterocycles. The van der Waals surface area contributed by atoms with Crippen molar-refractivity contribution in [3.05, 3.63) is 95.1 Å². The Hall–Kier alpha value is -3.60. The topological polar surface area (TPSA) is 58.6 Å². The number of carbonyl (C=O) groups excluding carboxylic acids is 2. The van der Waals surface area contributed by atoms with Crippen LogP contribution in [0.2, 0.25) is 0 Å². The first kappa shape index (κ1) is 19.7. The largest absolute Gasteiger partial charge is 0.482 e. The molecular weight excluding hydrogens is 376 g/mol. The lowest BCUT2D eigenvalue weighted by Gasteiger charge is -2.29. The molecule has 0 spiro atoms. The maximum atomic E-state index is 12.6. The number of fused-ring (bicyclic) bond motifs is 1. The Morgan fingerprint density at radius 1 is 1.07 bits per heavy atom. The van der Waals surface area contributed by atoms with Gasteiger partial charge in [-0.15, -0.1) is 0 Å². The zero-order valence-electron chi connectivity index (χ0n) is 17.1. The standard InChI is InChI=1S/C25H24N2O3/c1-17-8-13-22-23(14-17)30-16-24(28)27(22)15-19-9-11-21(12-10-19)25(29)26-18(2)20-6-4-3-5-7-20/h3-14,18H,15-16H2,1-2H3,(H,26,29). The maximum absolute atomic E-state index is 12.6. The molecule has 0 saturated carbocycles. The summed E-state index contributed by atoms with van der Waals surface area (Å²) in [5, 5.41) is 3.02. The summed E-state index contributed by atoms with van der Waals surface area (Å²) in [4.78, 5) is 26.7. The molecule has 1 aliphatic rings. The smallest absolute Gasteiger partial charge is 0.265 e. The van der Waals surface area contributed by atoms with Crippen LogP contribution >= 0.6 is 0 Å². The number of hydrogen-bond donors (Lipinski definition) is 1. The molecule has 0 saturated heterocycles. The number of anilines is 1. The van der Waals surface area contributed by atoms with Gasteiger partial charge in [-0.2, -0.15) is 0 Å². The molecule has 0 aliphatic carbocycles. The van der Waals surface area contributed by atoms with Gasteiger partial charge in [0, 0.05) is 5.56 Å². The third-order valence-electron chi connectivity index (χ3n) is 5.26. The maximum Gasteiger partial charge on any atom is 0.265 e. The minimum absolute atomic E-state index is 0.0360. The molecule has 1 heterocycles. The van der Waals surface area contributed by atoms with Crippen LogP contribution in [0.4, 0.5) is 5.69 Å². The fourth-order valence-electron chi connectivity index (χ4n) is 3.53. The van der Waals surface area contributed by atoms with Crippen LogP contribution in [0, 0.1) is 6.92 Å². The number of amides is 2. The first-order valence-corrected chi connectivity index (χ1v) is 10.00. The van der Waals surface area contributed by atoms with Gasteiger partial charge >= 0.3 is 0 Å². The van der Waals surface area contributed by atoms with Gasteiger partial charge in [0.2, 0.25) is 0 Å². The van der Waals surface area contributed by atoms with Gasteiger partial charge in [0.05, 0.1) is 18.3 Å². The van der Waals surface area contributed by atoms with Crippen LogP contribution in [0.5, 0.6) is 5.75 Å². The monoisotopic (exact) mass is 400 g/mol. The molecule has 5 nitrogen and oxygen atoms in total. The molecule has 1 N–H and O–H groups in total. The first-order chi connectivity index (χ1) is 14.5. The van der Waals surface area contributed by atoms with Gasteiger partial charge in [0.15, 0.2) is 6.61 Å². The van der Waals surface area contributed by atoms with Crippen molar-refractivity contribution in [2.75, 3.05) is 11.5 Å². The van der Waals surface area contributed by atoms with Gasteiger partial charge in [-0.3, -0.25) is 9.59 Å². The normalized spacial score (nSPS) is 13.9. The minimum Gasteiger partial charge on any atom is -0.482 e. The Bertz CT molecular complexity index is 1060. The highest BCUT2D eigenvalue weighted by atomic mass is 16.5. The van der Waals surface area contributed by atoms with E-state index in [1.54, 1.807) is 17.0 Å². The Balaban J connectivity index is 1.45. The third kappa shape index (κ3) is 4.20. The van der Waals surface area contributed by atoms with E-state index in [1.165, 1.54) is 0 Å². The second-order valence-electron chi connectivity index (χ2n) is 7.54. The molecule has 2 amide bonds. The summed E-state index contributed by atoms with van der Waals surface area (Å²) in [5.74, 6) is 0.520. The number of aryl methyl sites for hydroxylation is 1. The molecule has 1 atom stereocenters. The summed E-state index contributed by atoms with van der Waals surface area (Å²) in [6.07, 6.45) is 0. The lowest BCUT2D eigenvalue weighted by atomic mass is 10.1. The molecule has 3 aromatic rings. The van der Waals surface area contributed by atoms with Crippen molar-refractivity contribution in [3.63, 3.8) is 0 Å². The lowest BCUT2D eigenvalue weighted by Crippen LogP contribution is -2.38. The molecule has 0 fully saturated rings. The fraction of sp³-hybridized carbons (Fsp3) is 0.200. The summed E-state index contributed by atoms with van der Waals surface area (Å²) in [6.45, 7) is 4.42. The summed E-state index contributed by atoms with van der Waals surface area (Å²) in [7, 11) is 0. The van der Waals surface area contributed by atoms with E-state index in [1.807, 2.05) is 74.5 Å². The Morgan fingerprint density at radius 2 is 1.80 bits per heavy atom. The van der Waals surface area contributed by atoms with Crippen molar-refractivity contribution in [1.82, 2.24) is 5.32 Å². The highest BCUT2D eigenvalue weighted by molar-refractivity contribution is 5.98. The average Bonchev–Trinajstić information content (AvgIpc) is 2.76. The SMILES string of the molecule is Cc1ccc2c(c1)OCC(=O)N2Cc1ccc(C(=O)NC(C)c2ccccc2)cc1. The molecule has 4 rings (SSSR count). The van der Waals surface area contributed by atoms with Gasteiger partial charge in [0.25, 0.3) is 11.8 Å². The predicted molar refractivity (Wildman–Crippen MR) is 117 cm³/mol. The summed E-state index contributed by atoms with van der Waals surface area (Å²) in [5.41, 5.74) is 4.45. The Kier molecular flexibility index (Phi) is 5.53. The molecule has 1 unspecified atom stereocenters. The van der Waals surface area contributed by atoms with Gasteiger partial charge in [0.1, 0.15) is 5.75 Å². The van der Waals surface area contributed by atoms with Gasteiger partial charge in [-0.1, -0.05) is 48.5 Å². The zero-order valence-corrected chi connectivity index (χ0v) is 17.1. The quantitative estimate of drug-likeness (QED) is 0.690. The third-order valence-corrected chi connectivity index (χ3v) is 5.26. The van der Waals surface area contributed by atoms with Crippen molar-refractivity contribution >= 4 is 17.5 Å². The van der Waals surface area contributed by atoms with Crippen molar-refractivity contribution in [2.45, 2.75) is 26.4 Å². The highest BCUT2D eigenvalue weighted by Crippen LogP contribution is 2.33. The van der Waals surface area contributed by atoms with Crippen molar-refractivity contribution in [1.29, 1.82) is 0 Å². The van der Waals surface area contributed by atoms with Crippen LogP contribution < -0.4 is 15.0 Å². The molecule has 5 heteroatoms. The molecular formula is C25H24N2O3. The van der Waals surface area contributed by atoms with Crippen LogP contribution in [0.3, 0.4) is 0 Å². The summed E-state index contributed by atoms with van der Waals surface area (Å²) >= 11 is 0. The van der Waals surface area contributed by atoms with Crippen LogP contribution in [-0.2, 0) is 11.3 Å². The number of benzene rings is 3. The summed E-state index contributed by atoms with van der Waals surface area (Å²) < 4.78 is 5.56. The van der Waals surface area contributed by atoms with E-state index in [2.05, 4.69) is 5.32 Å². The van der Waals surface area contributed by atoms with Crippen molar-refractivity contribution in [2.24, 2.45) is 0 Å². The van der Waals surface area contributed by atoms with Gasteiger partial charge < -0.3 is 15.0 Å². The van der Waals surface area contributed by atoms with E-state index < -0.39 is 0 Å². The van der Waals surface area contributed by atoms with Gasteiger partial charge in [-0.05, 0) is 54.8 Å². The van der Waals surface area contributed by atoms with E-state index in [4.69, 9.17) is 4.74 Å². The number of hydrogen-bond acceptors (Lipinski definition) is 3. The van der Waals surface area contributed by atoms with Crippen LogP contribution in [0.1, 0.15) is 40.0 Å². The van der Waals surface area contributed by atoms with E-state index in [0.29, 0.717) is 12.1 Å². The van der Waals surface area contributed by atoms with Gasteiger partial charge in [-0.25, -0.2) is 0 Å². The van der Waals surface area contributed by atoms with E-state index >= 15 is 0 Å². The molecule has 0 bridgehead atoms. The van der Waals surface area contributed by atoms with Crippen LogP contribution in [0.15, 0.2) is 72.8 Å². The minimum atomic E-state index is -0.124. The zero-order chi connectivity index (χ0) is 21.1. The van der Waals surface area contributed by atoms with Crippen molar-refractivity contribution in [3.8, 4) is 5.75 Å². The fourth-order valence-corrected chi connectivity index (χ4v) is 3.53. The molecule has 1 aliphatic heterocycles. The Labute approximate surface area is 176 Å². The first-order valence-electron chi connectivity index (χ1n) is 10.00. The Morgan fingerprint density at radius 3 is 2.53 bits per heavy atom. The van der Waals surface area contributed by atoms with Crippen LogP contribution in [0.25, 0.3) is 0 Å². The summed E-state index contributed by atoms with van der Waals surface area (Å²) in [6, 6.07) is 23.0. The predicted octanol–water partition coefficient (Wildman–Crippen LogP) is 4.41. The van der Waals surface area contributed by atoms with E-state index in [0.717, 1.165) is 28.1 Å². The number of nitrogens with one attached hydrogen (secondary N) is 1. The highest BCUT2D eigenvalue weighted by Gasteiger charge is 2.25. The average molecular weight is 400 g/mol. The number of rotatable bonds is 5. The molecule has 3 aromatic carbocycles. The number of carbonyl (C=O) groups is 2. The number of nitrogens with zero attached hydrogens (tertiary/aromatic N) is 1. The van der Waals surface area contributed by atoms with Crippen LogP contribution in [-0.4, -0.2) is 18.4 Å². The molecule has 0 radical (unpaired) electrons. The second-order valence-corrected chi connectivity index (χ2v) is 7.54. The number of ether oxygens (including phenoxy) is 1. The van der Waals surface area contributed by atoms with E-state index in [-0.39, 0.29) is 24.5 Å². The lowest BCUT2D eigenvalue weighted by molar-refractivity contribution is -0.121. The molecule has 152 valence electrons. The van der Waals surface area contributed by atoms with Crippen molar-refractivity contribution < 1.29 is 14.3 Å².